The summed E-state index contributed by atoms with van der Waals surface area (Å²) in [5, 5.41) is 10.6. The molecule has 1 atom stereocenters. The highest BCUT2D eigenvalue weighted by Gasteiger charge is 2.24. The second-order valence-electron chi connectivity index (χ2n) is 4.60. The zero-order valence-corrected chi connectivity index (χ0v) is 13.0. The number of nitrogens with two attached hydrogens (primary N) is 1. The van der Waals surface area contributed by atoms with Crippen LogP contribution in [0.5, 0.6) is 0 Å². The number of amides is 1. The topological polar surface area (TPSA) is 89.5 Å². The van der Waals surface area contributed by atoms with Gasteiger partial charge in [0.2, 0.25) is 5.91 Å². The maximum absolute atomic E-state index is 12.0. The molecule has 1 aliphatic heterocycles. The number of carbonyl (C=O) groups excluding carboxylic acids is 1. The number of hydrogen-bond acceptors (Lipinski definition) is 4. The Morgan fingerprint density at radius 1 is 1.55 bits per heavy atom. The molecule has 20 heavy (non-hydrogen) atoms. The van der Waals surface area contributed by atoms with Gasteiger partial charge in [-0.3, -0.25) is 14.9 Å². The molecule has 2 N–H and O–H groups in total. The van der Waals surface area contributed by atoms with Crippen molar-refractivity contribution in [3.8, 4) is 0 Å². The average Bonchev–Trinajstić information content (AvgIpc) is 2.78. The van der Waals surface area contributed by atoms with E-state index in [9.17, 15) is 14.9 Å². The van der Waals surface area contributed by atoms with Gasteiger partial charge in [0.15, 0.2) is 0 Å². The number of nitrogens with zero attached hydrogens (tertiary/aromatic N) is 2. The molecule has 1 heterocycles. The Morgan fingerprint density at radius 2 is 2.25 bits per heavy atom. The number of benzene rings is 1. The highest BCUT2D eigenvalue weighted by atomic mass is 79.9. The molecule has 0 bridgehead atoms. The van der Waals surface area contributed by atoms with E-state index in [4.69, 9.17) is 5.73 Å². The lowest BCUT2D eigenvalue weighted by atomic mass is 10.1. The van der Waals surface area contributed by atoms with Crippen LogP contribution >= 0.6 is 28.3 Å². The molecule has 0 radical (unpaired) electrons. The molecule has 1 fully saturated rings. The Morgan fingerprint density at radius 3 is 2.75 bits per heavy atom. The summed E-state index contributed by atoms with van der Waals surface area (Å²) in [5.74, 6) is 0.00232. The van der Waals surface area contributed by atoms with Gasteiger partial charge >= 0.3 is 0 Å². The van der Waals surface area contributed by atoms with Crippen molar-refractivity contribution in [2.24, 2.45) is 5.73 Å². The van der Waals surface area contributed by atoms with Crippen molar-refractivity contribution in [2.45, 2.75) is 18.9 Å². The van der Waals surface area contributed by atoms with Crippen molar-refractivity contribution >= 4 is 39.9 Å². The third-order valence-electron chi connectivity index (χ3n) is 3.17. The summed E-state index contributed by atoms with van der Waals surface area (Å²) in [7, 11) is 0. The van der Waals surface area contributed by atoms with E-state index >= 15 is 0 Å². The van der Waals surface area contributed by atoms with Gasteiger partial charge in [-0.05, 0) is 12.0 Å². The van der Waals surface area contributed by atoms with E-state index in [0.29, 0.717) is 17.6 Å². The smallest absolute Gasteiger partial charge is 0.270 e. The minimum absolute atomic E-state index is 0. The van der Waals surface area contributed by atoms with E-state index in [1.807, 2.05) is 0 Å². The van der Waals surface area contributed by atoms with Gasteiger partial charge in [-0.1, -0.05) is 22.0 Å². The molecule has 110 valence electrons. The first-order valence-electron chi connectivity index (χ1n) is 5.93. The van der Waals surface area contributed by atoms with Gasteiger partial charge in [-0.25, -0.2) is 0 Å². The van der Waals surface area contributed by atoms with E-state index in [1.54, 1.807) is 11.0 Å². The molecule has 1 aromatic carbocycles. The van der Waals surface area contributed by atoms with Crippen LogP contribution in [0.1, 0.15) is 12.0 Å². The van der Waals surface area contributed by atoms with E-state index in [-0.39, 0.29) is 36.5 Å². The molecule has 0 aliphatic carbocycles. The van der Waals surface area contributed by atoms with Crippen molar-refractivity contribution in [3.63, 3.8) is 0 Å². The molecular formula is C12H15BrClN3O3. The standard InChI is InChI=1S/C12H14BrN3O3.ClH/c13-11-6-10(16(18)19)2-1-8(11)5-12(17)15-4-3-9(14)7-15;/h1-2,6,9H,3-5,7,14H2;1H/t9-;/m1./s1. The van der Waals surface area contributed by atoms with Crippen LogP contribution in [-0.4, -0.2) is 34.9 Å². The Bertz CT molecular complexity index is 527. The van der Waals surface area contributed by atoms with Crippen molar-refractivity contribution < 1.29 is 9.72 Å². The lowest BCUT2D eigenvalue weighted by molar-refractivity contribution is -0.384. The zero-order valence-electron chi connectivity index (χ0n) is 10.6. The number of nitro benzene ring substituents is 1. The number of halogens is 2. The van der Waals surface area contributed by atoms with Gasteiger partial charge in [-0.15, -0.1) is 12.4 Å². The maximum atomic E-state index is 12.0. The monoisotopic (exact) mass is 363 g/mol. The summed E-state index contributed by atoms with van der Waals surface area (Å²) in [5.41, 5.74) is 6.51. The summed E-state index contributed by atoms with van der Waals surface area (Å²) in [6, 6.07) is 4.49. The van der Waals surface area contributed by atoms with Gasteiger partial charge in [0.25, 0.3) is 5.69 Å². The molecule has 0 spiro atoms. The first kappa shape index (κ1) is 16.9. The summed E-state index contributed by atoms with van der Waals surface area (Å²) in [6.07, 6.45) is 1.05. The Hall–Kier alpha value is -1.18. The predicted molar refractivity (Wildman–Crippen MR) is 80.9 cm³/mol. The first-order valence-corrected chi connectivity index (χ1v) is 6.73. The van der Waals surface area contributed by atoms with Crippen molar-refractivity contribution in [1.29, 1.82) is 0 Å². The fourth-order valence-electron chi connectivity index (χ4n) is 2.08. The van der Waals surface area contributed by atoms with Gasteiger partial charge in [0.05, 0.1) is 11.3 Å². The average molecular weight is 365 g/mol. The van der Waals surface area contributed by atoms with Crippen LogP contribution in [-0.2, 0) is 11.2 Å². The largest absolute Gasteiger partial charge is 0.341 e. The molecule has 1 saturated heterocycles. The lowest BCUT2D eigenvalue weighted by Gasteiger charge is -2.16. The Balaban J connectivity index is 0.00000200. The van der Waals surface area contributed by atoms with Crippen LogP contribution in [0.4, 0.5) is 5.69 Å². The van der Waals surface area contributed by atoms with Crippen LogP contribution < -0.4 is 5.73 Å². The van der Waals surface area contributed by atoms with Crippen molar-refractivity contribution in [2.75, 3.05) is 13.1 Å². The van der Waals surface area contributed by atoms with E-state index in [1.165, 1.54) is 12.1 Å². The van der Waals surface area contributed by atoms with Crippen LogP contribution in [0, 0.1) is 10.1 Å². The molecule has 0 aromatic heterocycles. The molecule has 1 aliphatic rings. The fourth-order valence-corrected chi connectivity index (χ4v) is 2.59. The first-order chi connectivity index (χ1) is 8.97. The molecule has 6 nitrogen and oxygen atoms in total. The number of hydrogen-bond donors (Lipinski definition) is 1. The Labute approximate surface area is 131 Å². The molecule has 1 aromatic rings. The quantitative estimate of drug-likeness (QED) is 0.655. The second kappa shape index (κ2) is 7.01. The molecule has 0 unspecified atom stereocenters. The number of carbonyl (C=O) groups is 1. The lowest BCUT2D eigenvalue weighted by Crippen LogP contribution is -2.32. The number of likely N-dealkylation sites (tertiary alicyclic amines) is 1. The molecule has 1 amide bonds. The minimum Gasteiger partial charge on any atom is -0.341 e. The predicted octanol–water partition coefficient (Wildman–Crippen LogP) is 1.88. The van der Waals surface area contributed by atoms with Crippen LogP contribution in [0.2, 0.25) is 0 Å². The number of rotatable bonds is 3. The Kier molecular flexibility index (Phi) is 5.91. The molecule has 0 saturated carbocycles. The minimum atomic E-state index is -0.462. The van der Waals surface area contributed by atoms with Crippen molar-refractivity contribution in [1.82, 2.24) is 4.90 Å². The summed E-state index contributed by atoms with van der Waals surface area (Å²) < 4.78 is 0.582. The van der Waals surface area contributed by atoms with Gasteiger partial charge in [-0.2, -0.15) is 0 Å². The molecular weight excluding hydrogens is 350 g/mol. The maximum Gasteiger partial charge on any atom is 0.270 e. The molecule has 2 rings (SSSR count). The normalized spacial score (nSPS) is 17.7. The highest BCUT2D eigenvalue weighted by Crippen LogP contribution is 2.24. The highest BCUT2D eigenvalue weighted by molar-refractivity contribution is 9.10. The van der Waals surface area contributed by atoms with Crippen LogP contribution in [0.15, 0.2) is 22.7 Å². The summed E-state index contributed by atoms with van der Waals surface area (Å²) in [4.78, 5) is 23.9. The fraction of sp³-hybridized carbons (Fsp3) is 0.417. The zero-order chi connectivity index (χ0) is 14.0. The third-order valence-corrected chi connectivity index (χ3v) is 3.90. The van der Waals surface area contributed by atoms with Gasteiger partial charge in [0, 0.05) is 35.7 Å². The number of nitro groups is 1. The van der Waals surface area contributed by atoms with E-state index < -0.39 is 4.92 Å². The van der Waals surface area contributed by atoms with Gasteiger partial charge in [0.1, 0.15) is 0 Å². The van der Waals surface area contributed by atoms with Crippen LogP contribution in [0.3, 0.4) is 0 Å². The third kappa shape index (κ3) is 3.91. The van der Waals surface area contributed by atoms with Crippen molar-refractivity contribution in [3.05, 3.63) is 38.3 Å². The van der Waals surface area contributed by atoms with Gasteiger partial charge < -0.3 is 10.6 Å². The SMILES string of the molecule is Cl.N[C@@H]1CCN(C(=O)Cc2ccc([N+](=O)[O-])cc2Br)C1. The van der Waals surface area contributed by atoms with Crippen LogP contribution in [0.25, 0.3) is 0 Å². The van der Waals surface area contributed by atoms with E-state index in [0.717, 1.165) is 12.0 Å². The second-order valence-corrected chi connectivity index (χ2v) is 5.45. The summed E-state index contributed by atoms with van der Waals surface area (Å²) >= 11 is 3.26. The number of non-ortho nitro benzene ring substituents is 1. The molecule has 8 heteroatoms. The summed E-state index contributed by atoms with van der Waals surface area (Å²) in [6.45, 7) is 1.27. The van der Waals surface area contributed by atoms with E-state index in [2.05, 4.69) is 15.9 Å².